The molecule has 0 aromatic carbocycles. The molecule has 3 rings (SSSR count). The van der Waals surface area contributed by atoms with Crippen LogP contribution in [0, 0.1) is 0 Å². The molecule has 1 aromatic heterocycles. The van der Waals surface area contributed by atoms with Crippen molar-refractivity contribution < 1.29 is 23.9 Å². The summed E-state index contributed by atoms with van der Waals surface area (Å²) in [5.41, 5.74) is -0.129. The van der Waals surface area contributed by atoms with E-state index in [0.717, 1.165) is 15.8 Å². The number of amides is 4. The lowest BCUT2D eigenvalue weighted by molar-refractivity contribution is -0.157. The van der Waals surface area contributed by atoms with Gasteiger partial charge in [-0.3, -0.25) is 29.0 Å². The molecular formula is C17H22N4O5Si. The van der Waals surface area contributed by atoms with E-state index in [4.69, 9.17) is 4.74 Å². The second kappa shape index (κ2) is 7.28. The highest BCUT2D eigenvalue weighted by atomic mass is 28.3. The lowest BCUT2D eigenvalue weighted by atomic mass is 10.0. The van der Waals surface area contributed by atoms with Crippen molar-refractivity contribution in [1.82, 2.24) is 19.8 Å². The average molecular weight is 390 g/mol. The second-order valence-corrected chi connectivity index (χ2v) is 13.4. The summed E-state index contributed by atoms with van der Waals surface area (Å²) in [4.78, 5) is 59.7. The number of hydrogen-bond donors (Lipinski definition) is 0. The maximum absolute atomic E-state index is 12.8. The number of nitrogens with zero attached hydrogens (tertiary/aromatic N) is 4. The predicted octanol–water partition coefficient (Wildman–Crippen LogP) is 0.902. The van der Waals surface area contributed by atoms with Crippen molar-refractivity contribution in [3.63, 3.8) is 0 Å². The van der Waals surface area contributed by atoms with Crippen LogP contribution in [0.4, 0.5) is 0 Å². The molecule has 2 aliphatic rings. The number of aromatic nitrogens is 2. The first-order valence-corrected chi connectivity index (χ1v) is 12.5. The lowest BCUT2D eigenvalue weighted by Crippen LogP contribution is -2.56. The molecule has 2 aliphatic heterocycles. The molecule has 144 valence electrons. The van der Waals surface area contributed by atoms with E-state index in [1.54, 1.807) is 0 Å². The van der Waals surface area contributed by atoms with Crippen LogP contribution < -0.4 is 0 Å². The van der Waals surface area contributed by atoms with Gasteiger partial charge in [-0.2, -0.15) is 0 Å². The molecule has 27 heavy (non-hydrogen) atoms. The SMILES string of the molecule is C[Si](C)(C)CCOCN1C(=O)CCC(N2C(=O)c3nccnc3C2=O)C1=O. The van der Waals surface area contributed by atoms with Gasteiger partial charge < -0.3 is 4.74 Å². The number of ether oxygens (including phenoxy) is 1. The Hall–Kier alpha value is -2.46. The van der Waals surface area contributed by atoms with Gasteiger partial charge in [0.1, 0.15) is 12.8 Å². The minimum Gasteiger partial charge on any atom is -0.361 e. The average Bonchev–Trinajstić information content (AvgIpc) is 2.85. The Balaban J connectivity index is 1.71. The van der Waals surface area contributed by atoms with E-state index in [2.05, 4.69) is 29.6 Å². The Labute approximate surface area is 157 Å². The molecule has 0 saturated carbocycles. The zero-order chi connectivity index (χ0) is 19.8. The van der Waals surface area contributed by atoms with E-state index in [-0.39, 0.29) is 36.9 Å². The number of imide groups is 2. The van der Waals surface area contributed by atoms with Gasteiger partial charge in [0.05, 0.1) is 0 Å². The van der Waals surface area contributed by atoms with Crippen LogP contribution in [0.25, 0.3) is 0 Å². The Morgan fingerprint density at radius 2 is 1.67 bits per heavy atom. The predicted molar refractivity (Wildman–Crippen MR) is 96.4 cm³/mol. The topological polar surface area (TPSA) is 110 Å². The van der Waals surface area contributed by atoms with Crippen LogP contribution in [0.5, 0.6) is 0 Å². The summed E-state index contributed by atoms with van der Waals surface area (Å²) in [7, 11) is -1.29. The van der Waals surface area contributed by atoms with Gasteiger partial charge in [-0.15, -0.1) is 0 Å². The third-order valence-electron chi connectivity index (χ3n) is 4.55. The molecule has 1 unspecified atom stereocenters. The normalized spacial score (nSPS) is 20.5. The van der Waals surface area contributed by atoms with E-state index in [1.165, 1.54) is 12.4 Å². The number of hydrogen-bond acceptors (Lipinski definition) is 7. The van der Waals surface area contributed by atoms with Crippen molar-refractivity contribution >= 4 is 31.7 Å². The lowest BCUT2D eigenvalue weighted by Gasteiger charge is -2.34. The Morgan fingerprint density at radius 3 is 2.22 bits per heavy atom. The van der Waals surface area contributed by atoms with Crippen molar-refractivity contribution in [3.8, 4) is 0 Å². The fourth-order valence-electron chi connectivity index (χ4n) is 2.99. The fourth-order valence-corrected chi connectivity index (χ4v) is 3.74. The third-order valence-corrected chi connectivity index (χ3v) is 6.26. The summed E-state index contributed by atoms with van der Waals surface area (Å²) in [6, 6.07) is -0.137. The van der Waals surface area contributed by atoms with E-state index < -0.39 is 31.8 Å². The largest absolute Gasteiger partial charge is 0.361 e. The second-order valence-electron chi connectivity index (χ2n) is 7.80. The van der Waals surface area contributed by atoms with Crippen molar-refractivity contribution in [2.45, 2.75) is 44.6 Å². The van der Waals surface area contributed by atoms with E-state index in [1.807, 2.05) is 0 Å². The van der Waals surface area contributed by atoms with Gasteiger partial charge in [0.2, 0.25) is 5.91 Å². The van der Waals surface area contributed by atoms with Crippen LogP contribution in [0.1, 0.15) is 33.8 Å². The van der Waals surface area contributed by atoms with Gasteiger partial charge in [-0.05, 0) is 12.5 Å². The smallest absolute Gasteiger partial charge is 0.282 e. The quantitative estimate of drug-likeness (QED) is 0.403. The summed E-state index contributed by atoms with van der Waals surface area (Å²) >= 11 is 0. The van der Waals surface area contributed by atoms with E-state index in [0.29, 0.717) is 6.61 Å². The van der Waals surface area contributed by atoms with E-state index >= 15 is 0 Å². The first-order chi connectivity index (χ1) is 12.7. The van der Waals surface area contributed by atoms with Gasteiger partial charge in [-0.25, -0.2) is 9.97 Å². The van der Waals surface area contributed by atoms with Gasteiger partial charge >= 0.3 is 0 Å². The van der Waals surface area contributed by atoms with Crippen molar-refractivity contribution in [1.29, 1.82) is 0 Å². The molecule has 4 amide bonds. The van der Waals surface area contributed by atoms with Crippen LogP contribution in [0.2, 0.25) is 25.7 Å². The Morgan fingerprint density at radius 1 is 1.07 bits per heavy atom. The first kappa shape index (κ1) is 19.3. The molecule has 3 heterocycles. The van der Waals surface area contributed by atoms with Gasteiger partial charge in [0, 0.05) is 33.5 Å². The van der Waals surface area contributed by atoms with Crippen molar-refractivity contribution in [2.75, 3.05) is 13.3 Å². The molecule has 1 fully saturated rings. The standard InChI is InChI=1S/C17H22N4O5Si/c1-27(2,3)9-8-26-10-20-12(22)5-4-11(15(20)23)21-16(24)13-14(17(21)25)19-7-6-18-13/h6-7,11H,4-5,8-10H2,1-3H3. The summed E-state index contributed by atoms with van der Waals surface area (Å²) in [5, 5.41) is 0. The molecule has 1 atom stereocenters. The van der Waals surface area contributed by atoms with E-state index in [9.17, 15) is 19.2 Å². The number of piperidine rings is 1. The third kappa shape index (κ3) is 3.81. The fraction of sp³-hybridized carbons (Fsp3) is 0.529. The summed E-state index contributed by atoms with van der Waals surface area (Å²) in [6.07, 6.45) is 2.79. The summed E-state index contributed by atoms with van der Waals surface area (Å²) in [5.74, 6) is -2.28. The molecule has 0 radical (unpaired) electrons. The molecular weight excluding hydrogens is 368 g/mol. The number of rotatable bonds is 6. The van der Waals surface area contributed by atoms with Crippen molar-refractivity contribution in [2.24, 2.45) is 0 Å². The minimum absolute atomic E-state index is 0.0576. The molecule has 0 aliphatic carbocycles. The number of fused-ring (bicyclic) bond motifs is 1. The molecule has 0 N–H and O–H groups in total. The minimum atomic E-state index is -1.29. The molecule has 10 heteroatoms. The van der Waals surface area contributed by atoms with Crippen molar-refractivity contribution in [3.05, 3.63) is 23.8 Å². The van der Waals surface area contributed by atoms with Crippen LogP contribution in [-0.4, -0.2) is 70.8 Å². The molecule has 1 aromatic rings. The maximum atomic E-state index is 12.8. The van der Waals surface area contributed by atoms with Gasteiger partial charge in [0.25, 0.3) is 17.7 Å². The number of carbonyl (C=O) groups excluding carboxylic acids is 4. The molecule has 1 saturated heterocycles. The van der Waals surface area contributed by atoms with Crippen LogP contribution >= 0.6 is 0 Å². The highest BCUT2D eigenvalue weighted by molar-refractivity contribution is 6.76. The highest BCUT2D eigenvalue weighted by Gasteiger charge is 2.48. The monoisotopic (exact) mass is 390 g/mol. The molecule has 0 spiro atoms. The number of likely N-dealkylation sites (tertiary alicyclic amines) is 1. The summed E-state index contributed by atoms with van der Waals surface area (Å²) < 4.78 is 5.52. The van der Waals surface area contributed by atoms with Crippen LogP contribution in [0.15, 0.2) is 12.4 Å². The highest BCUT2D eigenvalue weighted by Crippen LogP contribution is 2.27. The summed E-state index contributed by atoms with van der Waals surface area (Å²) in [6.45, 7) is 6.90. The van der Waals surface area contributed by atoms with Gasteiger partial charge in [0.15, 0.2) is 11.4 Å². The Kier molecular flexibility index (Phi) is 5.20. The maximum Gasteiger partial charge on any atom is 0.282 e. The zero-order valence-electron chi connectivity index (χ0n) is 15.6. The Bertz CT molecular complexity index is 772. The first-order valence-electron chi connectivity index (χ1n) is 8.81. The number of carbonyl (C=O) groups is 4. The van der Waals surface area contributed by atoms with Crippen LogP contribution in [-0.2, 0) is 14.3 Å². The molecule has 0 bridgehead atoms. The molecule has 9 nitrogen and oxygen atoms in total. The zero-order valence-corrected chi connectivity index (χ0v) is 16.6. The van der Waals surface area contributed by atoms with Gasteiger partial charge in [-0.1, -0.05) is 19.6 Å². The van der Waals surface area contributed by atoms with Crippen LogP contribution in [0.3, 0.4) is 0 Å².